The van der Waals surface area contributed by atoms with Gasteiger partial charge >= 0.3 is 5.97 Å². The van der Waals surface area contributed by atoms with Crippen molar-refractivity contribution < 1.29 is 19.4 Å². The number of aromatic hydroxyl groups is 1. The minimum absolute atomic E-state index is 0.332. The van der Waals surface area contributed by atoms with E-state index in [1.165, 1.54) is 6.08 Å². The lowest BCUT2D eigenvalue weighted by Gasteiger charge is -2.21. The molecule has 0 amide bonds. The highest BCUT2D eigenvalue weighted by Crippen LogP contribution is 2.25. The summed E-state index contributed by atoms with van der Waals surface area (Å²) in [5, 5.41) is 11.5. The summed E-state index contributed by atoms with van der Waals surface area (Å²) in [6.45, 7) is 8.88. The summed E-state index contributed by atoms with van der Waals surface area (Å²) in [6, 6.07) is 3.86. The largest absolute Gasteiger partial charge is 0.508 e. The smallest absolute Gasteiger partial charge is 0.330 e. The van der Waals surface area contributed by atoms with Gasteiger partial charge in [0.25, 0.3) is 0 Å². The van der Waals surface area contributed by atoms with Crippen LogP contribution in [0, 0.1) is 0 Å². The minimum Gasteiger partial charge on any atom is -0.508 e. The van der Waals surface area contributed by atoms with Gasteiger partial charge in [-0.1, -0.05) is 50.0 Å². The molecule has 0 heterocycles. The highest BCUT2D eigenvalue weighted by atomic mass is 28.3. The molecule has 0 bridgehead atoms. The van der Waals surface area contributed by atoms with E-state index in [4.69, 9.17) is 9.47 Å². The maximum atomic E-state index is 11.1. The van der Waals surface area contributed by atoms with Crippen molar-refractivity contribution in [1.29, 1.82) is 0 Å². The molecule has 0 spiro atoms. The quantitative estimate of drug-likeness (QED) is 0.211. The summed E-state index contributed by atoms with van der Waals surface area (Å²) in [6.07, 6.45) is 13.4. The van der Waals surface area contributed by atoms with E-state index in [0.717, 1.165) is 35.8 Å². The molecule has 0 saturated carbocycles. The number of rotatable bonds is 10. The zero-order valence-corrected chi connectivity index (χ0v) is 18.1. The normalized spacial score (nSPS) is 12.3. The minimum atomic E-state index is -1.56. The van der Waals surface area contributed by atoms with Crippen LogP contribution in [0.15, 0.2) is 48.6 Å². The number of carbonyl (C=O) groups is 1. The summed E-state index contributed by atoms with van der Waals surface area (Å²) >= 11 is 0. The van der Waals surface area contributed by atoms with Gasteiger partial charge in [-0.05, 0) is 49.1 Å². The molecule has 148 valence electrons. The van der Waals surface area contributed by atoms with Crippen LogP contribution < -0.4 is 9.92 Å². The first kappa shape index (κ1) is 22.8. The third kappa shape index (κ3) is 8.30. The molecule has 0 aliphatic heterocycles. The number of hydrogen-bond donors (Lipinski definition) is 1. The van der Waals surface area contributed by atoms with Crippen molar-refractivity contribution in [3.8, 4) is 11.5 Å². The van der Waals surface area contributed by atoms with E-state index in [-0.39, 0.29) is 5.97 Å². The van der Waals surface area contributed by atoms with Crippen molar-refractivity contribution in [3.05, 3.63) is 54.2 Å². The first-order valence-electron chi connectivity index (χ1n) is 9.36. The maximum absolute atomic E-state index is 11.1. The molecule has 0 fully saturated rings. The fraction of sp³-hybridized carbons (Fsp3) is 0.409. The van der Waals surface area contributed by atoms with Crippen LogP contribution in [0.5, 0.6) is 11.5 Å². The lowest BCUT2D eigenvalue weighted by Crippen LogP contribution is -2.38. The number of benzene rings is 1. The van der Waals surface area contributed by atoms with E-state index in [9.17, 15) is 9.90 Å². The lowest BCUT2D eigenvalue weighted by molar-refractivity contribution is -0.137. The zero-order valence-electron chi connectivity index (χ0n) is 17.1. The number of unbranched alkanes of at least 4 members (excludes halogenated alkanes) is 1. The Morgan fingerprint density at radius 2 is 1.85 bits per heavy atom. The number of allylic oxidation sites excluding steroid dienone is 5. The molecule has 0 radical (unpaired) electrons. The number of aryl methyl sites for hydroxylation is 1. The van der Waals surface area contributed by atoms with Crippen LogP contribution in [-0.4, -0.2) is 32.9 Å². The predicted octanol–water partition coefficient (Wildman–Crippen LogP) is 4.50. The molecule has 0 aliphatic rings. The molecule has 1 rings (SSSR count). The van der Waals surface area contributed by atoms with E-state index in [2.05, 4.69) is 25.7 Å². The Kier molecular flexibility index (Phi) is 9.65. The van der Waals surface area contributed by atoms with Crippen LogP contribution in [0.25, 0.3) is 0 Å². The van der Waals surface area contributed by atoms with Crippen molar-refractivity contribution in [2.45, 2.75) is 45.8 Å². The van der Waals surface area contributed by atoms with Crippen LogP contribution in [0.3, 0.4) is 0 Å². The summed E-state index contributed by atoms with van der Waals surface area (Å²) in [5.41, 5.74) is 0.926. The third-order valence-electron chi connectivity index (χ3n) is 4.01. The average Bonchev–Trinajstić information content (AvgIpc) is 2.60. The van der Waals surface area contributed by atoms with Gasteiger partial charge in [0.05, 0.1) is 21.8 Å². The Balaban J connectivity index is 2.52. The summed E-state index contributed by atoms with van der Waals surface area (Å²) in [7, 11) is 0.122. The molecule has 0 unspecified atom stereocenters. The van der Waals surface area contributed by atoms with Gasteiger partial charge in [0.2, 0.25) is 0 Å². The molecule has 1 aromatic carbocycles. The van der Waals surface area contributed by atoms with E-state index in [1.807, 2.05) is 24.3 Å². The van der Waals surface area contributed by atoms with Crippen LogP contribution in [0.4, 0.5) is 0 Å². The zero-order chi connectivity index (χ0) is 20.3. The highest BCUT2D eigenvalue weighted by Gasteiger charge is 2.22. The summed E-state index contributed by atoms with van der Waals surface area (Å²) in [4.78, 5) is 11.1. The number of phenols is 1. The van der Waals surface area contributed by atoms with Gasteiger partial charge in [-0.25, -0.2) is 4.79 Å². The molecule has 0 atom stereocenters. The SMILES string of the molecule is CCOC(=O)/C=C/C=C/C=C/CCCc1cc(OC)c([Si](C)(C)C)cc1O. The Labute approximate surface area is 164 Å². The molecule has 0 aliphatic carbocycles. The Morgan fingerprint density at radius 3 is 2.48 bits per heavy atom. The van der Waals surface area contributed by atoms with E-state index in [1.54, 1.807) is 26.2 Å². The second-order valence-electron chi connectivity index (χ2n) is 7.25. The van der Waals surface area contributed by atoms with Crippen molar-refractivity contribution in [3.63, 3.8) is 0 Å². The van der Waals surface area contributed by atoms with Crippen LogP contribution in [-0.2, 0) is 16.0 Å². The van der Waals surface area contributed by atoms with Crippen molar-refractivity contribution in [1.82, 2.24) is 0 Å². The maximum Gasteiger partial charge on any atom is 0.330 e. The Hall–Kier alpha value is -2.27. The van der Waals surface area contributed by atoms with Crippen LogP contribution in [0.1, 0.15) is 25.3 Å². The molecular weight excluding hydrogens is 356 g/mol. The van der Waals surface area contributed by atoms with Gasteiger partial charge in [0, 0.05) is 6.08 Å². The second-order valence-corrected chi connectivity index (χ2v) is 12.3. The molecule has 27 heavy (non-hydrogen) atoms. The Morgan fingerprint density at radius 1 is 1.15 bits per heavy atom. The van der Waals surface area contributed by atoms with Crippen LogP contribution >= 0.6 is 0 Å². The molecule has 1 aromatic rings. The van der Waals surface area contributed by atoms with Crippen molar-refractivity contribution in [2.75, 3.05) is 13.7 Å². The van der Waals surface area contributed by atoms with Gasteiger partial charge in [0.1, 0.15) is 11.5 Å². The molecular formula is C22H32O4Si. The molecule has 0 saturated heterocycles. The highest BCUT2D eigenvalue weighted by molar-refractivity contribution is 6.89. The Bertz CT molecular complexity index is 697. The van der Waals surface area contributed by atoms with E-state index in [0.29, 0.717) is 12.4 Å². The van der Waals surface area contributed by atoms with Crippen molar-refractivity contribution in [2.24, 2.45) is 0 Å². The predicted molar refractivity (Wildman–Crippen MR) is 115 cm³/mol. The molecule has 4 nitrogen and oxygen atoms in total. The van der Waals surface area contributed by atoms with E-state index >= 15 is 0 Å². The summed E-state index contributed by atoms with van der Waals surface area (Å²) in [5.74, 6) is 0.913. The fourth-order valence-electron chi connectivity index (χ4n) is 2.60. The molecule has 1 N–H and O–H groups in total. The van der Waals surface area contributed by atoms with Gasteiger partial charge in [-0.3, -0.25) is 0 Å². The number of esters is 1. The number of hydrogen-bond acceptors (Lipinski definition) is 4. The first-order valence-corrected chi connectivity index (χ1v) is 12.9. The number of methoxy groups -OCH3 is 1. The van der Waals surface area contributed by atoms with Gasteiger partial charge < -0.3 is 14.6 Å². The van der Waals surface area contributed by atoms with Gasteiger partial charge in [-0.15, -0.1) is 0 Å². The van der Waals surface area contributed by atoms with Gasteiger partial charge in [-0.2, -0.15) is 0 Å². The number of carbonyl (C=O) groups excluding carboxylic acids is 1. The monoisotopic (exact) mass is 388 g/mol. The lowest BCUT2D eigenvalue weighted by atomic mass is 10.1. The molecule has 5 heteroatoms. The van der Waals surface area contributed by atoms with Crippen LogP contribution in [0.2, 0.25) is 19.6 Å². The second kappa shape index (κ2) is 11.4. The number of phenolic OH excluding ortho intramolecular Hbond substituents is 1. The van der Waals surface area contributed by atoms with Gasteiger partial charge in [0.15, 0.2) is 0 Å². The first-order chi connectivity index (χ1) is 12.8. The fourth-order valence-corrected chi connectivity index (χ4v) is 4.09. The third-order valence-corrected chi connectivity index (χ3v) is 6.02. The number of ether oxygens (including phenoxy) is 2. The average molecular weight is 389 g/mol. The molecule has 0 aromatic heterocycles. The van der Waals surface area contributed by atoms with Crippen molar-refractivity contribution >= 4 is 19.2 Å². The summed E-state index contributed by atoms with van der Waals surface area (Å²) < 4.78 is 10.3. The van der Waals surface area contributed by atoms with E-state index < -0.39 is 8.07 Å². The standard InChI is InChI=1S/C22H32O4Si/c1-6-26-22(24)15-13-11-9-7-8-10-12-14-18-16-20(25-2)21(17-19(18)23)27(3,4)5/h7-9,11,13,15-17,23H,6,10,12,14H2,1-5H3/b8-7+,11-9+,15-13+. The topological polar surface area (TPSA) is 55.8 Å².